The minimum Gasteiger partial charge on any atom is -0.438 e. The molecular weight excluding hydrogens is 310 g/mol. The van der Waals surface area contributed by atoms with Gasteiger partial charge in [0.15, 0.2) is 0 Å². The summed E-state index contributed by atoms with van der Waals surface area (Å²) in [6.07, 6.45) is 5.51. The predicted molar refractivity (Wildman–Crippen MR) is 92.9 cm³/mol. The third-order valence-corrected chi connectivity index (χ3v) is 2.81. The standard InChI is InChI=1S/C15H17N7O2/c1-3-18-10-22(17)11-4-6-12(7-5-11)24-15-13(8-21-23-2)14(16)19-9-20-15/h3-10H,1,17H2,2H3,(H2,16,19,20)/b18-10-,21-8+. The van der Waals surface area contributed by atoms with Crippen LogP contribution in [0.2, 0.25) is 0 Å². The van der Waals surface area contributed by atoms with Gasteiger partial charge in [0.1, 0.15) is 36.9 Å². The second kappa shape index (κ2) is 8.25. The minimum atomic E-state index is 0.228. The lowest BCUT2D eigenvalue weighted by Crippen LogP contribution is -2.28. The van der Waals surface area contributed by atoms with Crippen molar-refractivity contribution in [3.8, 4) is 11.6 Å². The van der Waals surface area contributed by atoms with E-state index in [9.17, 15) is 0 Å². The molecular formula is C15H17N7O2. The number of rotatable bonds is 7. The topological polar surface area (TPSA) is 124 Å². The Hall–Kier alpha value is -3.46. The Bertz CT molecular complexity index is 744. The van der Waals surface area contributed by atoms with E-state index in [1.54, 1.807) is 24.3 Å². The van der Waals surface area contributed by atoms with Gasteiger partial charge in [-0.15, -0.1) is 0 Å². The summed E-state index contributed by atoms with van der Waals surface area (Å²) in [6, 6.07) is 6.98. The molecule has 1 aromatic carbocycles. The van der Waals surface area contributed by atoms with Crippen molar-refractivity contribution < 1.29 is 9.57 Å². The predicted octanol–water partition coefficient (Wildman–Crippen LogP) is 1.68. The second-order valence-electron chi connectivity index (χ2n) is 4.35. The Morgan fingerprint density at radius 1 is 1.25 bits per heavy atom. The van der Waals surface area contributed by atoms with Crippen molar-refractivity contribution in [1.82, 2.24) is 9.97 Å². The van der Waals surface area contributed by atoms with Gasteiger partial charge in [-0.1, -0.05) is 11.7 Å². The number of hydrazine groups is 1. The number of nitrogen functional groups attached to an aromatic ring is 1. The maximum absolute atomic E-state index is 5.81. The van der Waals surface area contributed by atoms with Crippen LogP contribution in [-0.2, 0) is 4.84 Å². The first-order chi connectivity index (χ1) is 11.7. The Morgan fingerprint density at radius 2 is 2.00 bits per heavy atom. The molecule has 2 aromatic rings. The van der Waals surface area contributed by atoms with Crippen molar-refractivity contribution >= 4 is 24.1 Å². The van der Waals surface area contributed by atoms with E-state index in [-0.39, 0.29) is 11.7 Å². The van der Waals surface area contributed by atoms with Crippen LogP contribution < -0.4 is 21.3 Å². The first-order valence-electron chi connectivity index (χ1n) is 6.78. The summed E-state index contributed by atoms with van der Waals surface area (Å²) in [7, 11) is 1.42. The molecule has 0 bridgehead atoms. The van der Waals surface area contributed by atoms with Crippen molar-refractivity contribution in [3.05, 3.63) is 48.9 Å². The molecule has 0 amide bonds. The highest BCUT2D eigenvalue weighted by Gasteiger charge is 2.10. The molecule has 0 saturated carbocycles. The normalized spacial score (nSPS) is 10.9. The molecule has 9 nitrogen and oxygen atoms in total. The molecule has 1 aromatic heterocycles. The van der Waals surface area contributed by atoms with Gasteiger partial charge in [-0.2, -0.15) is 0 Å². The lowest BCUT2D eigenvalue weighted by atomic mass is 10.3. The number of benzene rings is 1. The second-order valence-corrected chi connectivity index (χ2v) is 4.35. The molecule has 1 heterocycles. The number of aliphatic imine (C=N–C) groups is 1. The molecule has 0 unspecified atom stereocenters. The van der Waals surface area contributed by atoms with Crippen molar-refractivity contribution in [3.63, 3.8) is 0 Å². The maximum Gasteiger partial charge on any atom is 0.233 e. The van der Waals surface area contributed by atoms with Crippen LogP contribution in [0.15, 0.2) is 53.5 Å². The average molecular weight is 327 g/mol. The summed E-state index contributed by atoms with van der Waals surface area (Å²) < 4.78 is 5.72. The van der Waals surface area contributed by atoms with E-state index in [2.05, 4.69) is 31.5 Å². The van der Waals surface area contributed by atoms with Crippen molar-refractivity contribution in [2.45, 2.75) is 0 Å². The molecule has 4 N–H and O–H groups in total. The fourth-order valence-corrected chi connectivity index (χ4v) is 1.68. The smallest absolute Gasteiger partial charge is 0.233 e. The lowest BCUT2D eigenvalue weighted by molar-refractivity contribution is 0.215. The monoisotopic (exact) mass is 327 g/mol. The van der Waals surface area contributed by atoms with Gasteiger partial charge in [0.05, 0.1) is 11.9 Å². The van der Waals surface area contributed by atoms with Gasteiger partial charge in [0.25, 0.3) is 0 Å². The number of nitrogens with zero attached hydrogens (tertiary/aromatic N) is 5. The SMILES string of the molecule is C=C/N=C\N(N)c1ccc(Oc2ncnc(N)c2/C=N/OC)cc1. The zero-order valence-corrected chi connectivity index (χ0v) is 13.0. The van der Waals surface area contributed by atoms with Gasteiger partial charge in [-0.25, -0.2) is 20.8 Å². The number of nitrogens with two attached hydrogens (primary N) is 2. The number of anilines is 2. The van der Waals surface area contributed by atoms with Gasteiger partial charge in [0, 0.05) is 6.20 Å². The summed E-state index contributed by atoms with van der Waals surface area (Å²) in [5.41, 5.74) is 6.94. The van der Waals surface area contributed by atoms with Gasteiger partial charge in [-0.3, -0.25) is 5.01 Å². The Labute approximate surface area is 138 Å². The number of hydrogen-bond acceptors (Lipinski definition) is 8. The van der Waals surface area contributed by atoms with E-state index in [0.29, 0.717) is 11.3 Å². The van der Waals surface area contributed by atoms with Gasteiger partial charge in [0.2, 0.25) is 5.88 Å². The van der Waals surface area contributed by atoms with E-state index in [0.717, 1.165) is 5.69 Å². The summed E-state index contributed by atoms with van der Waals surface area (Å²) in [6.45, 7) is 3.48. The van der Waals surface area contributed by atoms with E-state index in [4.69, 9.17) is 16.3 Å². The van der Waals surface area contributed by atoms with Crippen LogP contribution >= 0.6 is 0 Å². The third-order valence-electron chi connectivity index (χ3n) is 2.81. The first-order valence-corrected chi connectivity index (χ1v) is 6.78. The van der Waals surface area contributed by atoms with Crippen molar-refractivity contribution in [2.24, 2.45) is 16.0 Å². The summed E-state index contributed by atoms with van der Waals surface area (Å²) in [5, 5.41) is 5.01. The molecule has 9 heteroatoms. The molecule has 2 rings (SSSR count). The van der Waals surface area contributed by atoms with E-state index in [1.807, 2.05) is 0 Å². The van der Waals surface area contributed by atoms with Crippen LogP contribution in [0.25, 0.3) is 0 Å². The molecule has 0 aliphatic carbocycles. The average Bonchev–Trinajstić information content (AvgIpc) is 2.60. The van der Waals surface area contributed by atoms with E-state index >= 15 is 0 Å². The fourth-order valence-electron chi connectivity index (χ4n) is 1.68. The molecule has 0 aliphatic rings. The minimum absolute atomic E-state index is 0.228. The first kappa shape index (κ1) is 16.9. The van der Waals surface area contributed by atoms with Crippen LogP contribution in [0.5, 0.6) is 11.6 Å². The van der Waals surface area contributed by atoms with E-state index in [1.165, 1.54) is 37.2 Å². The molecule has 0 spiro atoms. The molecule has 0 radical (unpaired) electrons. The maximum atomic E-state index is 5.81. The Balaban J connectivity index is 2.20. The molecule has 0 saturated heterocycles. The van der Waals surface area contributed by atoms with Gasteiger partial charge in [-0.05, 0) is 24.3 Å². The quantitative estimate of drug-likeness (QED) is 0.343. The Morgan fingerprint density at radius 3 is 2.67 bits per heavy atom. The number of ether oxygens (including phenoxy) is 1. The van der Waals surface area contributed by atoms with Gasteiger partial charge < -0.3 is 15.3 Å². The third kappa shape index (κ3) is 4.27. The van der Waals surface area contributed by atoms with Crippen molar-refractivity contribution in [2.75, 3.05) is 17.9 Å². The fraction of sp³-hybridized carbons (Fsp3) is 0.0667. The highest BCUT2D eigenvalue weighted by atomic mass is 16.6. The number of oxime groups is 1. The van der Waals surface area contributed by atoms with Crippen molar-refractivity contribution in [1.29, 1.82) is 0 Å². The Kier molecular flexibility index (Phi) is 5.81. The molecule has 0 fully saturated rings. The van der Waals surface area contributed by atoms with Crippen LogP contribution in [0, 0.1) is 0 Å². The summed E-state index contributed by atoms with van der Waals surface area (Å²) in [5.74, 6) is 6.84. The lowest BCUT2D eigenvalue weighted by Gasteiger charge is -2.13. The van der Waals surface area contributed by atoms with Crippen LogP contribution in [0.1, 0.15) is 5.56 Å². The van der Waals surface area contributed by atoms with Crippen LogP contribution in [-0.4, -0.2) is 29.6 Å². The highest BCUT2D eigenvalue weighted by molar-refractivity contribution is 5.88. The number of aromatic nitrogens is 2. The number of hydrogen-bond donors (Lipinski definition) is 2. The molecule has 24 heavy (non-hydrogen) atoms. The zero-order valence-electron chi connectivity index (χ0n) is 13.0. The van der Waals surface area contributed by atoms with Crippen LogP contribution in [0.3, 0.4) is 0 Å². The van der Waals surface area contributed by atoms with Crippen LogP contribution in [0.4, 0.5) is 11.5 Å². The largest absolute Gasteiger partial charge is 0.438 e. The summed E-state index contributed by atoms with van der Waals surface area (Å²) >= 11 is 0. The molecule has 0 aliphatic heterocycles. The molecule has 124 valence electrons. The highest BCUT2D eigenvalue weighted by Crippen LogP contribution is 2.25. The van der Waals surface area contributed by atoms with E-state index < -0.39 is 0 Å². The summed E-state index contributed by atoms with van der Waals surface area (Å²) in [4.78, 5) is 16.4. The van der Waals surface area contributed by atoms with Gasteiger partial charge >= 0.3 is 0 Å². The zero-order chi connectivity index (χ0) is 17.4. The molecule has 0 atom stereocenters.